The maximum atomic E-state index is 12.1. The Morgan fingerprint density at radius 2 is 2.25 bits per heavy atom. The van der Waals surface area contributed by atoms with E-state index in [-0.39, 0.29) is 24.5 Å². The maximum Gasteiger partial charge on any atom is 0.410 e. The van der Waals surface area contributed by atoms with Gasteiger partial charge in [0, 0.05) is 25.6 Å². The average Bonchev–Trinajstić information content (AvgIpc) is 2.88. The van der Waals surface area contributed by atoms with Gasteiger partial charge in [-0.25, -0.2) is 4.79 Å². The number of nitrogens with one attached hydrogen (secondary N) is 1. The molecule has 1 N–H and O–H groups in total. The summed E-state index contributed by atoms with van der Waals surface area (Å²) < 4.78 is 5.20. The number of halogens is 1. The van der Waals surface area contributed by atoms with Crippen molar-refractivity contribution in [3.8, 4) is 0 Å². The van der Waals surface area contributed by atoms with Crippen molar-refractivity contribution in [3.63, 3.8) is 0 Å². The molecule has 0 saturated carbocycles. The van der Waals surface area contributed by atoms with Gasteiger partial charge in [0.15, 0.2) is 0 Å². The Balaban J connectivity index is 0.00000147. The summed E-state index contributed by atoms with van der Waals surface area (Å²) in [5.74, 6) is 0.396. The molecule has 0 radical (unpaired) electrons. The molecule has 1 saturated heterocycles. The van der Waals surface area contributed by atoms with E-state index in [1.54, 1.807) is 0 Å². The van der Waals surface area contributed by atoms with Gasteiger partial charge in [-0.2, -0.15) is 0 Å². The molecule has 4 nitrogen and oxygen atoms in total. The summed E-state index contributed by atoms with van der Waals surface area (Å²) >= 11 is 0. The third-order valence-electron chi connectivity index (χ3n) is 4.26. The lowest BCUT2D eigenvalue weighted by Crippen LogP contribution is -2.47. The number of hydrogen-bond donors (Lipinski definition) is 1. The van der Waals surface area contributed by atoms with Crippen LogP contribution in [0.5, 0.6) is 0 Å². The summed E-state index contributed by atoms with van der Waals surface area (Å²) in [5.41, 5.74) is 3.95. The van der Waals surface area contributed by atoms with E-state index in [2.05, 4.69) is 30.4 Å². The highest BCUT2D eigenvalue weighted by Gasteiger charge is 2.41. The van der Waals surface area contributed by atoms with Crippen LogP contribution in [0.3, 0.4) is 0 Å². The van der Waals surface area contributed by atoms with E-state index in [0.29, 0.717) is 19.1 Å². The molecule has 1 fully saturated rings. The SMILES string of the molecule is CCOC(=O)N1Cc2c(C)cccc2C2CNCC21.Cl. The van der Waals surface area contributed by atoms with Gasteiger partial charge >= 0.3 is 6.09 Å². The summed E-state index contributed by atoms with van der Waals surface area (Å²) in [6.07, 6.45) is -0.185. The van der Waals surface area contributed by atoms with E-state index in [0.717, 1.165) is 13.1 Å². The van der Waals surface area contributed by atoms with E-state index in [9.17, 15) is 4.79 Å². The number of aryl methyl sites for hydroxylation is 1. The van der Waals surface area contributed by atoms with Crippen molar-refractivity contribution in [3.05, 3.63) is 34.9 Å². The van der Waals surface area contributed by atoms with Crippen LogP contribution in [0.1, 0.15) is 29.5 Å². The molecule has 1 amide bonds. The molecule has 0 spiro atoms. The Morgan fingerprint density at radius 3 is 3.00 bits per heavy atom. The predicted molar refractivity (Wildman–Crippen MR) is 80.4 cm³/mol. The number of fused-ring (bicyclic) bond motifs is 3. The third-order valence-corrected chi connectivity index (χ3v) is 4.26. The molecule has 0 aromatic heterocycles. The van der Waals surface area contributed by atoms with Gasteiger partial charge in [-0.1, -0.05) is 18.2 Å². The Labute approximate surface area is 125 Å². The van der Waals surface area contributed by atoms with Crippen molar-refractivity contribution < 1.29 is 9.53 Å². The number of nitrogens with zero attached hydrogens (tertiary/aromatic N) is 1. The molecule has 0 bridgehead atoms. The Bertz CT molecular complexity index is 507. The van der Waals surface area contributed by atoms with Crippen LogP contribution < -0.4 is 5.32 Å². The molecule has 1 aromatic rings. The lowest BCUT2D eigenvalue weighted by molar-refractivity contribution is 0.0824. The molecule has 5 heteroatoms. The molecule has 2 heterocycles. The molecular formula is C15H21ClN2O2. The second kappa shape index (κ2) is 6.02. The molecule has 2 unspecified atom stereocenters. The van der Waals surface area contributed by atoms with Crippen molar-refractivity contribution >= 4 is 18.5 Å². The third kappa shape index (κ3) is 2.38. The van der Waals surface area contributed by atoms with Crippen molar-refractivity contribution in [2.45, 2.75) is 32.4 Å². The van der Waals surface area contributed by atoms with Gasteiger partial charge in [-0.15, -0.1) is 12.4 Å². The van der Waals surface area contributed by atoms with Gasteiger partial charge in [-0.3, -0.25) is 4.90 Å². The second-order valence-electron chi connectivity index (χ2n) is 5.30. The van der Waals surface area contributed by atoms with Crippen LogP contribution in [-0.2, 0) is 11.3 Å². The van der Waals surface area contributed by atoms with E-state index in [4.69, 9.17) is 4.74 Å². The van der Waals surface area contributed by atoms with Gasteiger partial charge in [-0.05, 0) is 30.5 Å². The fourth-order valence-electron chi connectivity index (χ4n) is 3.29. The number of carbonyl (C=O) groups excluding carboxylic acids is 1. The fraction of sp³-hybridized carbons (Fsp3) is 0.533. The van der Waals surface area contributed by atoms with Gasteiger partial charge in [0.1, 0.15) is 0 Å². The first-order valence-electron chi connectivity index (χ1n) is 6.95. The van der Waals surface area contributed by atoms with Gasteiger partial charge in [0.05, 0.1) is 12.6 Å². The molecule has 2 atom stereocenters. The molecule has 1 aromatic carbocycles. The zero-order valence-corrected chi connectivity index (χ0v) is 12.7. The predicted octanol–water partition coefficient (Wildman–Crippen LogP) is 2.44. The molecule has 20 heavy (non-hydrogen) atoms. The van der Waals surface area contributed by atoms with Crippen LogP contribution in [0, 0.1) is 6.92 Å². The quantitative estimate of drug-likeness (QED) is 0.865. The first kappa shape index (κ1) is 15.1. The molecule has 2 aliphatic rings. The summed E-state index contributed by atoms with van der Waals surface area (Å²) in [4.78, 5) is 14.0. The van der Waals surface area contributed by atoms with Crippen molar-refractivity contribution in [2.75, 3.05) is 19.7 Å². The Morgan fingerprint density at radius 1 is 1.45 bits per heavy atom. The van der Waals surface area contributed by atoms with E-state index >= 15 is 0 Å². The number of ether oxygens (including phenoxy) is 1. The lowest BCUT2D eigenvalue weighted by Gasteiger charge is -2.38. The van der Waals surface area contributed by atoms with E-state index < -0.39 is 0 Å². The topological polar surface area (TPSA) is 41.6 Å². The van der Waals surface area contributed by atoms with Gasteiger partial charge in [0.25, 0.3) is 0 Å². The van der Waals surface area contributed by atoms with Crippen LogP contribution in [0.15, 0.2) is 18.2 Å². The van der Waals surface area contributed by atoms with Crippen LogP contribution in [-0.4, -0.2) is 36.7 Å². The molecule has 3 rings (SSSR count). The summed E-state index contributed by atoms with van der Waals surface area (Å²) in [6.45, 7) is 6.87. The molecule has 110 valence electrons. The van der Waals surface area contributed by atoms with Crippen LogP contribution >= 0.6 is 12.4 Å². The number of benzene rings is 1. The standard InChI is InChI=1S/C15H20N2O2.ClH/c1-3-19-15(18)17-9-13-10(2)5-4-6-11(13)12-7-16-8-14(12)17;/h4-6,12,14,16H,3,7-9H2,1-2H3;1H. The normalized spacial score (nSPS) is 23.6. The summed E-state index contributed by atoms with van der Waals surface area (Å²) in [7, 11) is 0. The Kier molecular flexibility index (Phi) is 4.55. The zero-order chi connectivity index (χ0) is 13.4. The van der Waals surface area contributed by atoms with Crippen LogP contribution in [0.4, 0.5) is 4.79 Å². The summed E-state index contributed by atoms with van der Waals surface area (Å²) in [6, 6.07) is 6.66. The smallest absolute Gasteiger partial charge is 0.410 e. The summed E-state index contributed by atoms with van der Waals surface area (Å²) in [5, 5.41) is 3.40. The molecular weight excluding hydrogens is 276 g/mol. The number of amides is 1. The van der Waals surface area contributed by atoms with Crippen molar-refractivity contribution in [2.24, 2.45) is 0 Å². The monoisotopic (exact) mass is 296 g/mol. The highest BCUT2D eigenvalue weighted by atomic mass is 35.5. The first-order chi connectivity index (χ1) is 9.22. The zero-order valence-electron chi connectivity index (χ0n) is 11.9. The van der Waals surface area contributed by atoms with E-state index in [1.165, 1.54) is 16.7 Å². The highest BCUT2D eigenvalue weighted by molar-refractivity contribution is 5.85. The van der Waals surface area contributed by atoms with Crippen molar-refractivity contribution in [1.82, 2.24) is 10.2 Å². The van der Waals surface area contributed by atoms with Gasteiger partial charge in [0.2, 0.25) is 0 Å². The van der Waals surface area contributed by atoms with Crippen LogP contribution in [0.2, 0.25) is 0 Å². The average molecular weight is 297 g/mol. The minimum atomic E-state index is -0.185. The fourth-order valence-corrected chi connectivity index (χ4v) is 3.29. The molecule has 0 aliphatic carbocycles. The minimum Gasteiger partial charge on any atom is -0.450 e. The highest BCUT2D eigenvalue weighted by Crippen LogP contribution is 2.37. The van der Waals surface area contributed by atoms with Crippen LogP contribution in [0.25, 0.3) is 0 Å². The minimum absolute atomic E-state index is 0. The first-order valence-corrected chi connectivity index (χ1v) is 6.95. The Hall–Kier alpha value is -1.26. The van der Waals surface area contributed by atoms with Gasteiger partial charge < -0.3 is 10.1 Å². The lowest BCUT2D eigenvalue weighted by atomic mass is 9.84. The van der Waals surface area contributed by atoms with Crippen molar-refractivity contribution in [1.29, 1.82) is 0 Å². The second-order valence-corrected chi connectivity index (χ2v) is 5.30. The number of carbonyl (C=O) groups is 1. The number of hydrogen-bond acceptors (Lipinski definition) is 3. The maximum absolute atomic E-state index is 12.1. The van der Waals surface area contributed by atoms with E-state index in [1.807, 2.05) is 11.8 Å². The molecule has 2 aliphatic heterocycles. The largest absolute Gasteiger partial charge is 0.450 e. The number of rotatable bonds is 1.